The molecule has 36 heavy (non-hydrogen) atoms. The van der Waals surface area contributed by atoms with Crippen molar-refractivity contribution in [1.29, 1.82) is 0 Å². The van der Waals surface area contributed by atoms with Gasteiger partial charge in [0.2, 0.25) is 5.91 Å². The van der Waals surface area contributed by atoms with Crippen LogP contribution in [-0.2, 0) is 17.8 Å². The van der Waals surface area contributed by atoms with Gasteiger partial charge >= 0.3 is 0 Å². The van der Waals surface area contributed by atoms with Gasteiger partial charge in [-0.1, -0.05) is 0 Å². The zero-order chi connectivity index (χ0) is 25.1. The van der Waals surface area contributed by atoms with E-state index in [-0.39, 0.29) is 11.7 Å². The number of fused-ring (bicyclic) bond motifs is 2. The first-order valence-corrected chi connectivity index (χ1v) is 12.1. The van der Waals surface area contributed by atoms with E-state index >= 15 is 0 Å². The quantitative estimate of drug-likeness (QED) is 0.489. The van der Waals surface area contributed by atoms with Crippen LogP contribution in [0.5, 0.6) is 17.2 Å². The second-order valence-corrected chi connectivity index (χ2v) is 9.18. The smallest absolute Gasteiger partial charge is 0.237 e. The van der Waals surface area contributed by atoms with Gasteiger partial charge in [-0.3, -0.25) is 20.1 Å². The molecule has 2 aromatic heterocycles. The molecule has 0 saturated carbocycles. The van der Waals surface area contributed by atoms with Crippen molar-refractivity contribution >= 4 is 16.8 Å². The molecule has 3 N–H and O–H groups in total. The number of nitrogens with two attached hydrogens (primary N) is 1. The lowest BCUT2D eigenvalue weighted by atomic mass is 9.86. The molecule has 1 fully saturated rings. The van der Waals surface area contributed by atoms with E-state index in [1.165, 1.54) is 6.20 Å². The van der Waals surface area contributed by atoms with Crippen LogP contribution in [0.2, 0.25) is 0 Å². The van der Waals surface area contributed by atoms with E-state index in [1.54, 1.807) is 13.3 Å². The van der Waals surface area contributed by atoms with E-state index in [0.29, 0.717) is 81.5 Å². The van der Waals surface area contributed by atoms with Gasteiger partial charge in [0.25, 0.3) is 0 Å². The number of nitrogens with one attached hydrogen (secondary N) is 1. The third-order valence-electron chi connectivity index (χ3n) is 7.09. The molecule has 0 bridgehead atoms. The highest BCUT2D eigenvalue weighted by Gasteiger charge is 2.39. The first kappa shape index (κ1) is 24.2. The van der Waals surface area contributed by atoms with E-state index in [4.69, 9.17) is 19.9 Å². The monoisotopic (exact) mass is 495 g/mol. The number of piperidine rings is 1. The largest absolute Gasteiger partial charge is 0.497 e. The van der Waals surface area contributed by atoms with Crippen molar-refractivity contribution in [2.45, 2.75) is 31.3 Å². The van der Waals surface area contributed by atoms with Crippen molar-refractivity contribution < 1.29 is 23.4 Å². The predicted molar refractivity (Wildman–Crippen MR) is 132 cm³/mol. The number of aromatic nitrogens is 2. The minimum atomic E-state index is -0.826. The number of nitrogens with zero attached hydrogens (tertiary/aromatic N) is 3. The summed E-state index contributed by atoms with van der Waals surface area (Å²) in [5.41, 5.74) is 7.12. The Bertz CT molecular complexity index is 1260. The molecule has 0 radical (unpaired) electrons. The van der Waals surface area contributed by atoms with E-state index < -0.39 is 5.54 Å². The highest BCUT2D eigenvalue weighted by Crippen LogP contribution is 2.30. The molecule has 0 unspecified atom stereocenters. The molecule has 0 aliphatic carbocycles. The summed E-state index contributed by atoms with van der Waals surface area (Å²) in [6.45, 7) is 3.38. The molecule has 9 nitrogen and oxygen atoms in total. The minimum Gasteiger partial charge on any atom is -0.497 e. The van der Waals surface area contributed by atoms with Gasteiger partial charge in [-0.05, 0) is 37.5 Å². The molecule has 10 heteroatoms. The number of ether oxygens (including phenoxy) is 3. The van der Waals surface area contributed by atoms with Gasteiger partial charge in [-0.2, -0.15) is 0 Å². The van der Waals surface area contributed by atoms with E-state index in [9.17, 15) is 9.18 Å². The van der Waals surface area contributed by atoms with Crippen LogP contribution in [0.25, 0.3) is 10.9 Å². The molecule has 190 valence electrons. The molecule has 2 aliphatic heterocycles. The molecule has 1 aromatic carbocycles. The molecular weight excluding hydrogens is 465 g/mol. The number of carbonyl (C=O) groups excluding carboxylic acids is 1. The van der Waals surface area contributed by atoms with Gasteiger partial charge in [0.1, 0.15) is 30.3 Å². The Morgan fingerprint density at radius 3 is 2.69 bits per heavy atom. The maximum Gasteiger partial charge on any atom is 0.237 e. The summed E-state index contributed by atoms with van der Waals surface area (Å²) >= 11 is 0. The van der Waals surface area contributed by atoms with Gasteiger partial charge in [0, 0.05) is 43.2 Å². The van der Waals surface area contributed by atoms with Gasteiger partial charge < -0.3 is 24.8 Å². The lowest BCUT2D eigenvalue weighted by Gasteiger charge is -2.40. The van der Waals surface area contributed by atoms with Gasteiger partial charge in [-0.25, -0.2) is 4.39 Å². The van der Waals surface area contributed by atoms with Crippen LogP contribution in [0.1, 0.15) is 24.1 Å². The van der Waals surface area contributed by atoms with Crippen molar-refractivity contribution in [1.82, 2.24) is 20.2 Å². The molecule has 4 heterocycles. The number of rotatable bonds is 8. The third-order valence-corrected chi connectivity index (χ3v) is 7.09. The van der Waals surface area contributed by atoms with Crippen LogP contribution in [0.15, 0.2) is 36.7 Å². The van der Waals surface area contributed by atoms with E-state index in [0.717, 1.165) is 16.6 Å². The van der Waals surface area contributed by atoms with E-state index in [1.807, 2.05) is 24.3 Å². The van der Waals surface area contributed by atoms with Crippen molar-refractivity contribution in [3.05, 3.63) is 53.7 Å². The zero-order valence-corrected chi connectivity index (χ0v) is 20.3. The Morgan fingerprint density at radius 1 is 1.17 bits per heavy atom. The molecule has 0 spiro atoms. The average molecular weight is 496 g/mol. The van der Waals surface area contributed by atoms with Crippen LogP contribution >= 0.6 is 0 Å². The highest BCUT2D eigenvalue weighted by molar-refractivity contribution is 5.85. The predicted octanol–water partition coefficient (Wildman–Crippen LogP) is 2.20. The van der Waals surface area contributed by atoms with Gasteiger partial charge in [0.05, 0.1) is 30.7 Å². The fourth-order valence-corrected chi connectivity index (χ4v) is 4.87. The Morgan fingerprint density at radius 2 is 1.94 bits per heavy atom. The Kier molecular flexibility index (Phi) is 6.88. The molecule has 1 amide bonds. The fraction of sp³-hybridized carbons (Fsp3) is 0.423. The van der Waals surface area contributed by atoms with Crippen molar-refractivity contribution in [2.75, 3.05) is 40.0 Å². The van der Waals surface area contributed by atoms with Gasteiger partial charge in [-0.15, -0.1) is 0 Å². The van der Waals surface area contributed by atoms with Crippen LogP contribution in [-0.4, -0.2) is 66.3 Å². The number of hydrogen-bond donors (Lipinski definition) is 2. The number of methoxy groups -OCH3 is 1. The number of primary amides is 1. The Labute approximate surface area is 208 Å². The summed E-state index contributed by atoms with van der Waals surface area (Å²) in [5, 5.41) is 4.11. The highest BCUT2D eigenvalue weighted by atomic mass is 19.1. The number of halogens is 1. The number of likely N-dealkylation sites (tertiary alicyclic amines) is 1. The third kappa shape index (κ3) is 4.91. The lowest BCUT2D eigenvalue weighted by molar-refractivity contribution is -0.126. The minimum absolute atomic E-state index is 0.326. The van der Waals surface area contributed by atoms with Crippen LogP contribution in [0, 0.1) is 5.82 Å². The summed E-state index contributed by atoms with van der Waals surface area (Å²) in [7, 11) is 1.59. The van der Waals surface area contributed by atoms with E-state index in [2.05, 4.69) is 20.2 Å². The molecule has 0 atom stereocenters. The number of benzene rings is 1. The summed E-state index contributed by atoms with van der Waals surface area (Å²) in [4.78, 5) is 23.3. The molecule has 1 saturated heterocycles. The lowest BCUT2D eigenvalue weighted by Crippen LogP contribution is -2.60. The number of carbonyl (C=O) groups is 1. The summed E-state index contributed by atoms with van der Waals surface area (Å²) in [6, 6.07) is 7.30. The maximum atomic E-state index is 14.7. The fourth-order valence-electron chi connectivity index (χ4n) is 4.87. The van der Waals surface area contributed by atoms with Crippen molar-refractivity contribution in [2.24, 2.45) is 5.73 Å². The number of pyridine rings is 2. The second-order valence-electron chi connectivity index (χ2n) is 9.18. The first-order chi connectivity index (χ1) is 17.5. The summed E-state index contributed by atoms with van der Waals surface area (Å²) in [6.07, 6.45) is 4.55. The maximum absolute atomic E-state index is 14.7. The summed E-state index contributed by atoms with van der Waals surface area (Å²) in [5.74, 6) is 1.24. The number of hydrogen-bond acceptors (Lipinski definition) is 8. The Hall–Kier alpha value is -3.50. The second kappa shape index (κ2) is 10.2. The normalized spacial score (nSPS) is 17.2. The Balaban J connectivity index is 1.22. The van der Waals surface area contributed by atoms with Crippen molar-refractivity contribution in [3.8, 4) is 17.2 Å². The number of amides is 1. The topological polar surface area (TPSA) is 112 Å². The van der Waals surface area contributed by atoms with Crippen molar-refractivity contribution in [3.63, 3.8) is 0 Å². The molecular formula is C26H30FN5O4. The average Bonchev–Trinajstić information content (AvgIpc) is 2.91. The van der Waals surface area contributed by atoms with Gasteiger partial charge in [0.15, 0.2) is 11.5 Å². The van der Waals surface area contributed by atoms with Crippen LogP contribution in [0.4, 0.5) is 4.39 Å². The van der Waals surface area contributed by atoms with Crippen LogP contribution < -0.4 is 25.3 Å². The molecule has 3 aromatic rings. The zero-order valence-electron chi connectivity index (χ0n) is 20.3. The SMILES string of the molecule is COc1ccc2ncc(F)c(CCN3CCC(NCc4cc5c(cn4)OCCO5)(C(N)=O)CC3)c2c1. The van der Waals surface area contributed by atoms with Crippen LogP contribution in [0.3, 0.4) is 0 Å². The molecule has 2 aliphatic rings. The molecule has 5 rings (SSSR count). The standard InChI is InChI=1S/C26H30FN5O4/c1-34-18-2-3-22-20(13-18)19(21(27)15-30-22)4-7-32-8-5-26(6-9-32,25(28)33)31-14-17-12-23-24(16-29-17)36-11-10-35-23/h2-3,12-13,15-16,31H,4-11,14H2,1H3,(H2,28,33). The first-order valence-electron chi connectivity index (χ1n) is 12.1. The summed E-state index contributed by atoms with van der Waals surface area (Å²) < 4.78 is 31.1.